The van der Waals surface area contributed by atoms with E-state index in [1.807, 2.05) is 30.3 Å². The van der Waals surface area contributed by atoms with E-state index in [1.165, 1.54) is 5.57 Å². The van der Waals surface area contributed by atoms with Gasteiger partial charge in [0.2, 0.25) is 0 Å². The fraction of sp³-hybridized carbons (Fsp3) is 0.609. The molecule has 1 atom stereocenters. The van der Waals surface area contributed by atoms with Gasteiger partial charge >= 0.3 is 0 Å². The van der Waals surface area contributed by atoms with E-state index in [0.717, 1.165) is 63.7 Å². The standard InChI is InChI=1S/C23H34N2O2/c1-18(2)8-7-15-25-16-13-21(14-17-25)24-22(26)23(27,20-11-6-12-20)19-9-4-3-5-10-19/h3-5,8-10,20-21,27H,6-7,11-17H2,1-2H3,(H,24,26). The maximum absolute atomic E-state index is 13.1. The van der Waals surface area contributed by atoms with Crippen LogP contribution >= 0.6 is 0 Å². The summed E-state index contributed by atoms with van der Waals surface area (Å²) in [6.07, 6.45) is 8.22. The number of aliphatic hydroxyl groups is 1. The summed E-state index contributed by atoms with van der Waals surface area (Å²) < 4.78 is 0. The molecule has 0 radical (unpaired) electrons. The monoisotopic (exact) mass is 370 g/mol. The number of benzene rings is 1. The molecule has 1 heterocycles. The molecule has 0 spiro atoms. The van der Waals surface area contributed by atoms with Crippen LogP contribution in [0, 0.1) is 5.92 Å². The van der Waals surface area contributed by atoms with Gasteiger partial charge in [-0.15, -0.1) is 0 Å². The predicted octanol–water partition coefficient (Wildman–Crippen LogP) is 3.61. The van der Waals surface area contributed by atoms with Gasteiger partial charge in [0, 0.05) is 31.6 Å². The summed E-state index contributed by atoms with van der Waals surface area (Å²) in [5, 5.41) is 14.6. The molecule has 27 heavy (non-hydrogen) atoms. The van der Waals surface area contributed by atoms with Crippen LogP contribution in [-0.4, -0.2) is 41.6 Å². The minimum atomic E-state index is -1.39. The second kappa shape index (κ2) is 9.03. The van der Waals surface area contributed by atoms with Crippen LogP contribution < -0.4 is 5.32 Å². The molecule has 1 unspecified atom stereocenters. The number of likely N-dealkylation sites (tertiary alicyclic amines) is 1. The second-order valence-electron chi connectivity index (χ2n) is 8.42. The molecule has 2 aliphatic rings. The first-order chi connectivity index (χ1) is 13.0. The van der Waals surface area contributed by atoms with Crippen molar-refractivity contribution in [2.24, 2.45) is 5.92 Å². The largest absolute Gasteiger partial charge is 0.375 e. The van der Waals surface area contributed by atoms with Crippen molar-refractivity contribution in [1.29, 1.82) is 0 Å². The van der Waals surface area contributed by atoms with Crippen molar-refractivity contribution in [3.05, 3.63) is 47.5 Å². The molecule has 148 valence electrons. The molecule has 1 aromatic rings. The average Bonchev–Trinajstić information content (AvgIpc) is 2.62. The lowest BCUT2D eigenvalue weighted by Crippen LogP contribution is -2.55. The van der Waals surface area contributed by atoms with Gasteiger partial charge in [0.05, 0.1) is 0 Å². The predicted molar refractivity (Wildman–Crippen MR) is 109 cm³/mol. The molecule has 1 aromatic carbocycles. The number of nitrogens with zero attached hydrogens (tertiary/aromatic N) is 1. The third-order valence-corrected chi connectivity index (χ3v) is 6.18. The maximum atomic E-state index is 13.1. The molecular weight excluding hydrogens is 336 g/mol. The highest BCUT2D eigenvalue weighted by atomic mass is 16.3. The van der Waals surface area contributed by atoms with Gasteiger partial charge in [-0.3, -0.25) is 4.79 Å². The van der Waals surface area contributed by atoms with Crippen LogP contribution in [0.4, 0.5) is 0 Å². The van der Waals surface area contributed by atoms with Gasteiger partial charge in [0.1, 0.15) is 0 Å². The minimum Gasteiger partial charge on any atom is -0.375 e. The molecular formula is C23H34N2O2. The highest BCUT2D eigenvalue weighted by Crippen LogP contribution is 2.42. The van der Waals surface area contributed by atoms with Gasteiger partial charge in [-0.25, -0.2) is 0 Å². The number of carbonyl (C=O) groups excluding carboxylic acids is 1. The number of hydrogen-bond acceptors (Lipinski definition) is 3. The van der Waals surface area contributed by atoms with E-state index in [9.17, 15) is 9.90 Å². The number of amides is 1. The fourth-order valence-corrected chi connectivity index (χ4v) is 4.20. The summed E-state index contributed by atoms with van der Waals surface area (Å²) in [7, 11) is 0. The maximum Gasteiger partial charge on any atom is 0.257 e. The van der Waals surface area contributed by atoms with Crippen molar-refractivity contribution >= 4 is 5.91 Å². The van der Waals surface area contributed by atoms with E-state index >= 15 is 0 Å². The fourth-order valence-electron chi connectivity index (χ4n) is 4.20. The van der Waals surface area contributed by atoms with Crippen molar-refractivity contribution in [3.63, 3.8) is 0 Å². The molecule has 1 saturated heterocycles. The van der Waals surface area contributed by atoms with Crippen molar-refractivity contribution < 1.29 is 9.90 Å². The first-order valence-electron chi connectivity index (χ1n) is 10.4. The Morgan fingerprint density at radius 2 is 1.85 bits per heavy atom. The Kier molecular flexibility index (Phi) is 6.72. The number of nitrogens with one attached hydrogen (secondary N) is 1. The van der Waals surface area contributed by atoms with Gasteiger partial charge in [-0.2, -0.15) is 0 Å². The first kappa shape index (κ1) is 20.1. The Morgan fingerprint density at radius 1 is 1.19 bits per heavy atom. The van der Waals surface area contributed by atoms with E-state index in [-0.39, 0.29) is 17.9 Å². The average molecular weight is 371 g/mol. The van der Waals surface area contributed by atoms with Gasteiger partial charge in [0.25, 0.3) is 5.91 Å². The number of piperidine rings is 1. The number of carbonyl (C=O) groups is 1. The van der Waals surface area contributed by atoms with Crippen LogP contribution in [0.25, 0.3) is 0 Å². The molecule has 0 bridgehead atoms. The summed E-state index contributed by atoms with van der Waals surface area (Å²) in [6.45, 7) is 7.38. The Bertz CT molecular complexity index is 642. The zero-order valence-electron chi connectivity index (χ0n) is 16.8. The normalized spacial score (nSPS) is 21.1. The Balaban J connectivity index is 1.57. The van der Waals surface area contributed by atoms with E-state index in [4.69, 9.17) is 0 Å². The Hall–Kier alpha value is -1.65. The summed E-state index contributed by atoms with van der Waals surface area (Å²) in [4.78, 5) is 15.6. The molecule has 2 fully saturated rings. The van der Waals surface area contributed by atoms with Crippen LogP contribution in [0.5, 0.6) is 0 Å². The molecule has 1 aliphatic carbocycles. The lowest BCUT2D eigenvalue weighted by Gasteiger charge is -2.42. The van der Waals surface area contributed by atoms with Gasteiger partial charge in [-0.05, 0) is 51.5 Å². The molecule has 1 amide bonds. The smallest absolute Gasteiger partial charge is 0.257 e. The third kappa shape index (κ3) is 4.80. The first-order valence-corrected chi connectivity index (χ1v) is 10.4. The van der Waals surface area contributed by atoms with Crippen LogP contribution in [0.15, 0.2) is 42.0 Å². The van der Waals surface area contributed by atoms with Crippen molar-refractivity contribution in [3.8, 4) is 0 Å². The molecule has 2 N–H and O–H groups in total. The summed E-state index contributed by atoms with van der Waals surface area (Å²) in [5.74, 6) is -0.176. The molecule has 4 nitrogen and oxygen atoms in total. The van der Waals surface area contributed by atoms with Crippen molar-refractivity contribution in [2.75, 3.05) is 19.6 Å². The zero-order valence-corrected chi connectivity index (χ0v) is 16.8. The van der Waals surface area contributed by atoms with E-state index in [1.54, 1.807) is 0 Å². The van der Waals surface area contributed by atoms with Crippen LogP contribution in [0.1, 0.15) is 57.9 Å². The lowest BCUT2D eigenvalue weighted by atomic mass is 9.69. The summed E-state index contributed by atoms with van der Waals surface area (Å²) in [6, 6.07) is 9.64. The summed E-state index contributed by atoms with van der Waals surface area (Å²) >= 11 is 0. The van der Waals surface area contributed by atoms with E-state index in [0.29, 0.717) is 0 Å². The number of hydrogen-bond donors (Lipinski definition) is 2. The molecule has 0 aromatic heterocycles. The molecule has 1 aliphatic heterocycles. The van der Waals surface area contributed by atoms with Gasteiger partial charge in [0.15, 0.2) is 5.60 Å². The van der Waals surface area contributed by atoms with E-state index < -0.39 is 5.60 Å². The second-order valence-corrected chi connectivity index (χ2v) is 8.42. The molecule has 3 rings (SSSR count). The number of allylic oxidation sites excluding steroid dienone is 1. The van der Waals surface area contributed by atoms with E-state index in [2.05, 4.69) is 30.1 Å². The topological polar surface area (TPSA) is 52.6 Å². The summed E-state index contributed by atoms with van der Waals surface area (Å²) in [5.41, 5.74) is 0.708. The molecule has 1 saturated carbocycles. The minimum absolute atomic E-state index is 0.0315. The number of rotatable bonds is 7. The van der Waals surface area contributed by atoms with Crippen LogP contribution in [-0.2, 0) is 10.4 Å². The quantitative estimate of drug-likeness (QED) is 0.721. The van der Waals surface area contributed by atoms with Gasteiger partial charge < -0.3 is 15.3 Å². The van der Waals surface area contributed by atoms with Crippen LogP contribution in [0.3, 0.4) is 0 Å². The molecule has 4 heteroatoms. The van der Waals surface area contributed by atoms with Crippen LogP contribution in [0.2, 0.25) is 0 Å². The lowest BCUT2D eigenvalue weighted by molar-refractivity contribution is -0.153. The van der Waals surface area contributed by atoms with Gasteiger partial charge in [-0.1, -0.05) is 48.4 Å². The van der Waals surface area contributed by atoms with Crippen molar-refractivity contribution in [1.82, 2.24) is 10.2 Å². The Labute approximate surface area is 163 Å². The SMILES string of the molecule is CC(C)=CCCN1CCC(NC(=O)C(O)(c2ccccc2)C2CCC2)CC1. The Morgan fingerprint density at radius 3 is 2.41 bits per heavy atom. The highest BCUT2D eigenvalue weighted by molar-refractivity contribution is 5.87. The zero-order chi connectivity index (χ0) is 19.3. The van der Waals surface area contributed by atoms with Crippen molar-refractivity contribution in [2.45, 2.75) is 64.0 Å². The third-order valence-electron chi connectivity index (χ3n) is 6.18. The highest BCUT2D eigenvalue weighted by Gasteiger charge is 2.48.